The Balaban J connectivity index is 1.99. The zero-order chi connectivity index (χ0) is 17.0. The fraction of sp³-hybridized carbons (Fsp3) is 0.882. The van der Waals surface area contributed by atoms with E-state index in [1.54, 1.807) is 0 Å². The highest BCUT2D eigenvalue weighted by atomic mass is 35.5. The molecule has 4 fully saturated rings. The Morgan fingerprint density at radius 1 is 0.913 bits per heavy atom. The Kier molecular flexibility index (Phi) is 4.16. The van der Waals surface area contributed by atoms with Crippen LogP contribution in [0.4, 0.5) is 0 Å². The lowest BCUT2D eigenvalue weighted by atomic mass is 9.38. The minimum absolute atomic E-state index is 0.0712. The van der Waals surface area contributed by atoms with Gasteiger partial charge in [0.1, 0.15) is 10.8 Å². The quantitative estimate of drug-likeness (QED) is 0.567. The molecule has 0 aromatic carbocycles. The predicted molar refractivity (Wildman–Crippen MR) is 87.5 cm³/mol. The first-order chi connectivity index (χ1) is 10.7. The molecule has 23 heavy (non-hydrogen) atoms. The van der Waals surface area contributed by atoms with Crippen molar-refractivity contribution < 1.29 is 19.1 Å². The van der Waals surface area contributed by atoms with Gasteiger partial charge in [0.2, 0.25) is 0 Å². The van der Waals surface area contributed by atoms with E-state index in [0.29, 0.717) is 12.3 Å². The molecule has 0 aliphatic heterocycles. The van der Waals surface area contributed by atoms with Crippen LogP contribution in [0.3, 0.4) is 0 Å². The second-order valence-corrected chi connectivity index (χ2v) is 9.19. The number of hydrogen-bond donors (Lipinski definition) is 0. The molecule has 4 aliphatic carbocycles. The monoisotopic (exact) mass is 362 g/mol. The van der Waals surface area contributed by atoms with Crippen molar-refractivity contribution >= 4 is 35.1 Å². The summed E-state index contributed by atoms with van der Waals surface area (Å²) in [5, 5.41) is -1.37. The van der Waals surface area contributed by atoms with Crippen molar-refractivity contribution in [1.82, 2.24) is 0 Å². The maximum absolute atomic E-state index is 12.1. The molecule has 0 amide bonds. The summed E-state index contributed by atoms with van der Waals surface area (Å²) >= 11 is 13.1. The molecule has 0 aromatic heterocycles. The molecular weight excluding hydrogens is 339 g/mol. The van der Waals surface area contributed by atoms with Gasteiger partial charge in [0.25, 0.3) is 0 Å². The lowest BCUT2D eigenvalue weighted by molar-refractivity contribution is -0.175. The highest BCUT2D eigenvalue weighted by Crippen LogP contribution is 2.72. The first-order valence-electron chi connectivity index (χ1n) is 8.13. The summed E-state index contributed by atoms with van der Waals surface area (Å²) in [7, 11) is 2.74. The summed E-state index contributed by atoms with van der Waals surface area (Å²) in [6.07, 6.45) is 5.43. The molecule has 0 N–H and O–H groups in total. The van der Waals surface area contributed by atoms with Gasteiger partial charge in [-0.15, -0.1) is 23.2 Å². The third-order valence-electron chi connectivity index (χ3n) is 6.33. The van der Waals surface area contributed by atoms with Crippen molar-refractivity contribution in [3.05, 3.63) is 0 Å². The molecule has 4 bridgehead atoms. The molecular formula is C17H24Cl2O4. The normalized spacial score (nSPS) is 43.8. The Morgan fingerprint density at radius 3 is 1.70 bits per heavy atom. The molecule has 0 heterocycles. The summed E-state index contributed by atoms with van der Waals surface area (Å²) in [6.45, 7) is 2.24. The number of methoxy groups -OCH3 is 2. The van der Waals surface area contributed by atoms with E-state index in [4.69, 9.17) is 32.7 Å². The number of rotatable bonds is 4. The van der Waals surface area contributed by atoms with Gasteiger partial charge in [-0.3, -0.25) is 9.59 Å². The van der Waals surface area contributed by atoms with E-state index < -0.39 is 10.8 Å². The van der Waals surface area contributed by atoms with E-state index in [1.165, 1.54) is 14.2 Å². The SMILES string of the molecule is COC(=O)C(Cl)C12CC3CC(C)(C1)CC(C(Cl)C(=O)OC)(C3)C2. The molecule has 130 valence electrons. The van der Waals surface area contributed by atoms with E-state index in [1.807, 2.05) is 0 Å². The Bertz CT molecular complexity index is 497. The van der Waals surface area contributed by atoms with Crippen LogP contribution < -0.4 is 0 Å². The average molecular weight is 363 g/mol. The molecule has 4 unspecified atom stereocenters. The van der Waals surface area contributed by atoms with Crippen molar-refractivity contribution in [3.63, 3.8) is 0 Å². The van der Waals surface area contributed by atoms with Crippen LogP contribution in [0.1, 0.15) is 45.4 Å². The van der Waals surface area contributed by atoms with Gasteiger partial charge in [-0.05, 0) is 60.7 Å². The van der Waals surface area contributed by atoms with Crippen LogP contribution in [0.15, 0.2) is 0 Å². The fourth-order valence-corrected chi connectivity index (χ4v) is 7.02. The number of carbonyl (C=O) groups is 2. The molecule has 4 rings (SSSR count). The van der Waals surface area contributed by atoms with Crippen LogP contribution in [0.25, 0.3) is 0 Å². The first-order valence-corrected chi connectivity index (χ1v) is 9.00. The average Bonchev–Trinajstić information content (AvgIpc) is 2.49. The molecule has 0 spiro atoms. The van der Waals surface area contributed by atoms with Gasteiger partial charge in [-0.2, -0.15) is 0 Å². The Labute approximate surface area is 147 Å². The minimum atomic E-state index is -0.684. The van der Waals surface area contributed by atoms with Crippen LogP contribution in [0.2, 0.25) is 0 Å². The molecule has 0 aromatic rings. The van der Waals surface area contributed by atoms with Gasteiger partial charge in [0, 0.05) is 0 Å². The lowest BCUT2D eigenvalue weighted by Gasteiger charge is -2.67. The standard InChI is InChI=1S/C17H24Cl2O4/c1-15-4-10-5-16(7-15,11(18)13(20)22-2)9-17(6-10,8-15)12(19)14(21)23-3/h10-12H,4-9H2,1-3H3. The van der Waals surface area contributed by atoms with Gasteiger partial charge in [0.15, 0.2) is 0 Å². The van der Waals surface area contributed by atoms with E-state index >= 15 is 0 Å². The number of alkyl halides is 2. The molecule has 0 radical (unpaired) electrons. The molecule has 4 atom stereocenters. The third kappa shape index (κ3) is 2.57. The maximum Gasteiger partial charge on any atom is 0.324 e. The largest absolute Gasteiger partial charge is 0.468 e. The lowest BCUT2D eigenvalue weighted by Crippen LogP contribution is -2.63. The van der Waals surface area contributed by atoms with Gasteiger partial charge in [-0.25, -0.2) is 0 Å². The van der Waals surface area contributed by atoms with Crippen LogP contribution in [-0.4, -0.2) is 36.9 Å². The maximum atomic E-state index is 12.1. The Morgan fingerprint density at radius 2 is 1.35 bits per heavy atom. The van der Waals surface area contributed by atoms with Gasteiger partial charge in [0.05, 0.1) is 14.2 Å². The predicted octanol–water partition coefficient (Wildman–Crippen LogP) is 3.52. The van der Waals surface area contributed by atoms with E-state index in [-0.39, 0.29) is 28.2 Å². The van der Waals surface area contributed by atoms with Crippen molar-refractivity contribution in [1.29, 1.82) is 0 Å². The zero-order valence-electron chi connectivity index (χ0n) is 13.9. The van der Waals surface area contributed by atoms with E-state index in [0.717, 1.165) is 32.1 Å². The van der Waals surface area contributed by atoms with Crippen LogP contribution in [-0.2, 0) is 19.1 Å². The summed E-state index contributed by atoms with van der Waals surface area (Å²) in [4.78, 5) is 24.2. The number of esters is 2. The second kappa shape index (κ2) is 5.52. The van der Waals surface area contributed by atoms with Crippen LogP contribution in [0.5, 0.6) is 0 Å². The topological polar surface area (TPSA) is 52.6 Å². The van der Waals surface area contributed by atoms with Gasteiger partial charge < -0.3 is 9.47 Å². The van der Waals surface area contributed by atoms with Crippen LogP contribution >= 0.6 is 23.2 Å². The van der Waals surface area contributed by atoms with Crippen molar-refractivity contribution in [2.75, 3.05) is 14.2 Å². The fourth-order valence-electron chi connectivity index (χ4n) is 6.36. The highest BCUT2D eigenvalue weighted by molar-refractivity contribution is 6.31. The molecule has 4 saturated carbocycles. The summed E-state index contributed by atoms with van der Waals surface area (Å²) in [5.74, 6) is -0.304. The number of carbonyl (C=O) groups excluding carboxylic acids is 2. The third-order valence-corrected chi connectivity index (χ3v) is 7.61. The van der Waals surface area contributed by atoms with E-state index in [2.05, 4.69) is 6.92 Å². The summed E-state index contributed by atoms with van der Waals surface area (Å²) in [5.41, 5.74) is -0.588. The molecule has 0 saturated heterocycles. The molecule has 4 aliphatic rings. The van der Waals surface area contributed by atoms with Crippen molar-refractivity contribution in [2.24, 2.45) is 22.2 Å². The number of halogens is 2. The summed E-state index contributed by atoms with van der Waals surface area (Å²) < 4.78 is 9.80. The number of ether oxygens (including phenoxy) is 2. The summed E-state index contributed by atoms with van der Waals surface area (Å²) in [6, 6.07) is 0. The van der Waals surface area contributed by atoms with E-state index in [9.17, 15) is 9.59 Å². The first kappa shape index (κ1) is 17.3. The van der Waals surface area contributed by atoms with Gasteiger partial charge in [-0.1, -0.05) is 6.92 Å². The van der Waals surface area contributed by atoms with Gasteiger partial charge >= 0.3 is 11.9 Å². The van der Waals surface area contributed by atoms with Crippen LogP contribution in [0, 0.1) is 22.2 Å². The molecule has 4 nitrogen and oxygen atoms in total. The zero-order valence-corrected chi connectivity index (χ0v) is 15.4. The van der Waals surface area contributed by atoms with Crippen molar-refractivity contribution in [3.8, 4) is 0 Å². The highest BCUT2D eigenvalue weighted by Gasteiger charge is 2.67. The number of hydrogen-bond acceptors (Lipinski definition) is 4. The van der Waals surface area contributed by atoms with Crippen molar-refractivity contribution in [2.45, 2.75) is 56.2 Å². The Hall–Kier alpha value is -0.480. The smallest absolute Gasteiger partial charge is 0.324 e. The second-order valence-electron chi connectivity index (χ2n) is 8.32. The molecule has 6 heteroatoms. The minimum Gasteiger partial charge on any atom is -0.468 e.